The van der Waals surface area contributed by atoms with Gasteiger partial charge >= 0.3 is 0 Å². The molecule has 0 amide bonds. The van der Waals surface area contributed by atoms with Crippen LogP contribution in [-0.4, -0.2) is 0 Å². The van der Waals surface area contributed by atoms with Crippen molar-refractivity contribution >= 4 is 10.8 Å². The number of pyridine rings is 1. The van der Waals surface area contributed by atoms with Gasteiger partial charge in [0.15, 0.2) is 12.7 Å². The first-order valence-corrected chi connectivity index (χ1v) is 6.13. The zero-order valence-corrected chi connectivity index (χ0v) is 10.0. The minimum atomic E-state index is -0.530. The molecule has 92 valence electrons. The average Bonchev–Trinajstić information content (AvgIpc) is 2.78. The smallest absolute Gasteiger partial charge is 0.207 e. The second-order valence-electron chi connectivity index (χ2n) is 4.79. The van der Waals surface area contributed by atoms with E-state index in [4.69, 9.17) is 0 Å². The van der Waals surface area contributed by atoms with Gasteiger partial charge in [0.25, 0.3) is 0 Å². The Kier molecular flexibility index (Phi) is 2.01. The predicted molar refractivity (Wildman–Crippen MR) is 68.6 cm³/mol. The predicted octanol–water partition coefficient (Wildman–Crippen LogP) is 3.43. The number of benzene rings is 2. The summed E-state index contributed by atoms with van der Waals surface area (Å²) in [6, 6.07) is 12.3. The second-order valence-corrected chi connectivity index (χ2v) is 4.79. The SMILES string of the molecule is Fc1cc(F)c2c(c1)-c1c3ccccc3cc[n+]1C2. The minimum absolute atomic E-state index is 0.460. The topological polar surface area (TPSA) is 3.88 Å². The molecule has 0 N–H and O–H groups in total. The maximum Gasteiger partial charge on any atom is 0.221 e. The van der Waals surface area contributed by atoms with E-state index < -0.39 is 11.6 Å². The van der Waals surface area contributed by atoms with Crippen molar-refractivity contribution < 1.29 is 13.3 Å². The van der Waals surface area contributed by atoms with Crippen LogP contribution in [0, 0.1) is 11.6 Å². The van der Waals surface area contributed by atoms with Crippen LogP contribution in [0.4, 0.5) is 8.78 Å². The van der Waals surface area contributed by atoms with Gasteiger partial charge in [-0.15, -0.1) is 0 Å². The van der Waals surface area contributed by atoms with E-state index in [-0.39, 0.29) is 0 Å². The molecule has 19 heavy (non-hydrogen) atoms. The fourth-order valence-electron chi connectivity index (χ4n) is 2.83. The first-order chi connectivity index (χ1) is 9.24. The molecule has 0 atom stereocenters. The fourth-order valence-corrected chi connectivity index (χ4v) is 2.83. The molecule has 2 aromatic carbocycles. The lowest BCUT2D eigenvalue weighted by Crippen LogP contribution is -2.31. The normalized spacial score (nSPS) is 12.5. The molecule has 0 fully saturated rings. The van der Waals surface area contributed by atoms with Gasteiger partial charge in [0.05, 0.1) is 16.5 Å². The van der Waals surface area contributed by atoms with Crippen molar-refractivity contribution in [2.24, 2.45) is 0 Å². The van der Waals surface area contributed by atoms with E-state index in [1.807, 2.05) is 41.1 Å². The Bertz CT molecular complexity index is 824. The molecule has 0 bridgehead atoms. The molecule has 3 aromatic rings. The summed E-state index contributed by atoms with van der Waals surface area (Å²) in [6.07, 6.45) is 1.93. The molecule has 0 radical (unpaired) electrons. The number of aromatic nitrogens is 1. The number of rotatable bonds is 0. The van der Waals surface area contributed by atoms with Crippen LogP contribution in [0.5, 0.6) is 0 Å². The molecule has 1 aliphatic rings. The molecule has 0 unspecified atom stereocenters. The number of hydrogen-bond donors (Lipinski definition) is 0. The van der Waals surface area contributed by atoms with Crippen molar-refractivity contribution in [1.29, 1.82) is 0 Å². The highest BCUT2D eigenvalue weighted by Gasteiger charge is 2.31. The number of fused-ring (bicyclic) bond motifs is 5. The molecule has 0 saturated heterocycles. The lowest BCUT2D eigenvalue weighted by molar-refractivity contribution is -0.671. The quantitative estimate of drug-likeness (QED) is 0.423. The van der Waals surface area contributed by atoms with E-state index in [1.165, 1.54) is 6.07 Å². The average molecular weight is 254 g/mol. The number of halogens is 2. The standard InChI is InChI=1S/C16H10F2N/c17-11-7-13-14(15(18)8-11)9-19-6-5-10-3-1-2-4-12(10)16(13)19/h1-8H,9H2/q+1. The zero-order valence-electron chi connectivity index (χ0n) is 10.0. The summed E-state index contributed by atoms with van der Waals surface area (Å²) in [5.74, 6) is -1.000. The summed E-state index contributed by atoms with van der Waals surface area (Å²) in [6.45, 7) is 0.460. The van der Waals surface area contributed by atoms with Gasteiger partial charge in [0.1, 0.15) is 11.6 Å². The van der Waals surface area contributed by atoms with Gasteiger partial charge in [-0.2, -0.15) is 4.57 Å². The molecule has 4 rings (SSSR count). The second kappa shape index (κ2) is 3.60. The number of hydrogen-bond acceptors (Lipinski definition) is 0. The Morgan fingerprint density at radius 2 is 1.84 bits per heavy atom. The lowest BCUT2D eigenvalue weighted by atomic mass is 10.0. The van der Waals surface area contributed by atoms with Crippen LogP contribution in [0.25, 0.3) is 22.0 Å². The van der Waals surface area contributed by atoms with Gasteiger partial charge < -0.3 is 0 Å². The van der Waals surface area contributed by atoms with Crippen molar-refractivity contribution in [3.05, 3.63) is 65.9 Å². The van der Waals surface area contributed by atoms with Crippen molar-refractivity contribution in [3.63, 3.8) is 0 Å². The zero-order chi connectivity index (χ0) is 13.0. The third kappa shape index (κ3) is 1.41. The molecule has 0 spiro atoms. The number of nitrogens with zero attached hydrogens (tertiary/aromatic N) is 1. The van der Waals surface area contributed by atoms with E-state index >= 15 is 0 Å². The van der Waals surface area contributed by atoms with E-state index in [2.05, 4.69) is 0 Å². The van der Waals surface area contributed by atoms with Crippen LogP contribution in [0.3, 0.4) is 0 Å². The first kappa shape index (κ1) is 10.6. The van der Waals surface area contributed by atoms with Gasteiger partial charge in [0.2, 0.25) is 5.69 Å². The third-order valence-corrected chi connectivity index (χ3v) is 3.68. The Balaban J connectivity index is 2.15. The molecular weight excluding hydrogens is 244 g/mol. The highest BCUT2D eigenvalue weighted by atomic mass is 19.1. The summed E-state index contributed by atoms with van der Waals surface area (Å²) in [5.41, 5.74) is 2.12. The van der Waals surface area contributed by atoms with Crippen LogP contribution < -0.4 is 4.57 Å². The van der Waals surface area contributed by atoms with Crippen LogP contribution in [0.1, 0.15) is 5.56 Å². The Labute approximate surface area is 108 Å². The maximum absolute atomic E-state index is 13.9. The third-order valence-electron chi connectivity index (χ3n) is 3.68. The maximum atomic E-state index is 13.9. The molecule has 0 aliphatic carbocycles. The Morgan fingerprint density at radius 1 is 1.00 bits per heavy atom. The largest absolute Gasteiger partial charge is 0.221 e. The summed E-state index contributed by atoms with van der Waals surface area (Å²) in [5, 5.41) is 2.10. The molecule has 2 heterocycles. The van der Waals surface area contributed by atoms with E-state index in [9.17, 15) is 8.78 Å². The van der Waals surface area contributed by atoms with Gasteiger partial charge in [-0.3, -0.25) is 0 Å². The van der Waals surface area contributed by atoms with Crippen molar-refractivity contribution in [3.8, 4) is 11.3 Å². The van der Waals surface area contributed by atoms with Crippen molar-refractivity contribution in [2.45, 2.75) is 6.54 Å². The lowest BCUT2D eigenvalue weighted by Gasteiger charge is -2.00. The Hall–Kier alpha value is -2.29. The highest BCUT2D eigenvalue weighted by molar-refractivity contribution is 5.94. The molecule has 3 heteroatoms. The van der Waals surface area contributed by atoms with E-state index in [1.54, 1.807) is 0 Å². The van der Waals surface area contributed by atoms with Crippen LogP contribution in [0.2, 0.25) is 0 Å². The summed E-state index contributed by atoms with van der Waals surface area (Å²) in [4.78, 5) is 0. The van der Waals surface area contributed by atoms with Gasteiger partial charge in [-0.05, 0) is 17.5 Å². The van der Waals surface area contributed by atoms with Gasteiger partial charge in [-0.1, -0.05) is 18.2 Å². The first-order valence-electron chi connectivity index (χ1n) is 6.13. The Morgan fingerprint density at radius 3 is 2.74 bits per heavy atom. The monoisotopic (exact) mass is 254 g/mol. The van der Waals surface area contributed by atoms with Crippen LogP contribution in [0.15, 0.2) is 48.7 Å². The van der Waals surface area contributed by atoms with E-state index in [0.29, 0.717) is 17.7 Å². The van der Waals surface area contributed by atoms with E-state index in [0.717, 1.165) is 22.5 Å². The van der Waals surface area contributed by atoms with Crippen molar-refractivity contribution in [2.75, 3.05) is 0 Å². The van der Waals surface area contributed by atoms with Gasteiger partial charge in [-0.25, -0.2) is 8.78 Å². The van der Waals surface area contributed by atoms with Crippen LogP contribution in [-0.2, 0) is 6.54 Å². The minimum Gasteiger partial charge on any atom is -0.207 e. The fraction of sp³-hybridized carbons (Fsp3) is 0.0625. The van der Waals surface area contributed by atoms with Crippen LogP contribution >= 0.6 is 0 Å². The van der Waals surface area contributed by atoms with Crippen molar-refractivity contribution in [1.82, 2.24) is 0 Å². The summed E-state index contributed by atoms with van der Waals surface area (Å²) < 4.78 is 29.3. The highest BCUT2D eigenvalue weighted by Crippen LogP contribution is 2.34. The molecule has 1 nitrogen and oxygen atoms in total. The summed E-state index contributed by atoms with van der Waals surface area (Å²) >= 11 is 0. The molecule has 1 aliphatic heterocycles. The van der Waals surface area contributed by atoms with Gasteiger partial charge in [0, 0.05) is 12.1 Å². The molecule has 1 aromatic heterocycles. The molecule has 0 saturated carbocycles. The summed E-state index contributed by atoms with van der Waals surface area (Å²) in [7, 11) is 0. The molecular formula is C16H10F2N+.